The Kier molecular flexibility index (Phi) is 8.82. The Morgan fingerprint density at radius 3 is 1.95 bits per heavy atom. The SMILES string of the molecule is CC=C(CC)OC(CC=Cc1ccccc1)OC(=CC)CC. The average molecular weight is 300 g/mol. The van der Waals surface area contributed by atoms with Crippen LogP contribution in [0.25, 0.3) is 6.08 Å². The van der Waals surface area contributed by atoms with Crippen molar-refractivity contribution in [2.45, 2.75) is 53.2 Å². The third-order valence-electron chi connectivity index (χ3n) is 3.34. The molecule has 0 aliphatic carbocycles. The van der Waals surface area contributed by atoms with Crippen molar-refractivity contribution in [2.24, 2.45) is 0 Å². The van der Waals surface area contributed by atoms with E-state index in [0.717, 1.165) is 24.4 Å². The predicted molar refractivity (Wildman–Crippen MR) is 94.1 cm³/mol. The lowest BCUT2D eigenvalue weighted by Crippen LogP contribution is -2.16. The van der Waals surface area contributed by atoms with Crippen LogP contribution < -0.4 is 0 Å². The number of ether oxygens (including phenoxy) is 2. The van der Waals surface area contributed by atoms with E-state index in [2.05, 4.69) is 38.1 Å². The van der Waals surface area contributed by atoms with Gasteiger partial charge in [0.05, 0.1) is 11.5 Å². The lowest BCUT2D eigenvalue weighted by atomic mass is 10.2. The van der Waals surface area contributed by atoms with E-state index in [9.17, 15) is 0 Å². The van der Waals surface area contributed by atoms with E-state index in [1.54, 1.807) is 0 Å². The van der Waals surface area contributed by atoms with E-state index < -0.39 is 0 Å². The molecule has 22 heavy (non-hydrogen) atoms. The summed E-state index contributed by atoms with van der Waals surface area (Å²) in [5.41, 5.74) is 1.18. The Bertz CT molecular complexity index is 476. The zero-order chi connectivity index (χ0) is 16.2. The molecule has 0 fully saturated rings. The zero-order valence-electron chi connectivity index (χ0n) is 14.2. The summed E-state index contributed by atoms with van der Waals surface area (Å²) >= 11 is 0. The first kappa shape index (κ1) is 18.1. The van der Waals surface area contributed by atoms with Gasteiger partial charge in [0.1, 0.15) is 0 Å². The summed E-state index contributed by atoms with van der Waals surface area (Å²) in [6, 6.07) is 10.3. The Morgan fingerprint density at radius 2 is 1.50 bits per heavy atom. The summed E-state index contributed by atoms with van der Waals surface area (Å²) in [5, 5.41) is 0. The summed E-state index contributed by atoms with van der Waals surface area (Å²) < 4.78 is 11.9. The van der Waals surface area contributed by atoms with Crippen LogP contribution in [0.15, 0.2) is 60.1 Å². The first-order valence-electron chi connectivity index (χ1n) is 8.08. The highest BCUT2D eigenvalue weighted by Crippen LogP contribution is 2.17. The van der Waals surface area contributed by atoms with Crippen LogP contribution in [0.1, 0.15) is 52.5 Å². The standard InChI is InChI=1S/C20H28O2/c1-5-18(6-2)21-20(22-19(7-3)8-4)16-12-15-17-13-10-9-11-14-17/h5,7,9-15,20H,6,8,16H2,1-4H3. The molecule has 0 heterocycles. The van der Waals surface area contributed by atoms with Crippen LogP contribution in [0, 0.1) is 0 Å². The minimum Gasteiger partial charge on any atom is -0.459 e. The third kappa shape index (κ3) is 6.66. The highest BCUT2D eigenvalue weighted by Gasteiger charge is 2.12. The molecule has 0 radical (unpaired) electrons. The fraction of sp³-hybridized carbons (Fsp3) is 0.400. The molecule has 0 aliphatic heterocycles. The molecule has 0 N–H and O–H groups in total. The van der Waals surface area contributed by atoms with Crippen LogP contribution >= 0.6 is 0 Å². The molecule has 2 nitrogen and oxygen atoms in total. The van der Waals surface area contributed by atoms with Gasteiger partial charge in [-0.2, -0.15) is 0 Å². The summed E-state index contributed by atoms with van der Waals surface area (Å²) in [4.78, 5) is 0. The molecule has 1 aromatic rings. The highest BCUT2D eigenvalue weighted by atomic mass is 16.7. The fourth-order valence-corrected chi connectivity index (χ4v) is 2.05. The maximum atomic E-state index is 5.97. The topological polar surface area (TPSA) is 18.5 Å². The van der Waals surface area contributed by atoms with E-state index in [-0.39, 0.29) is 6.29 Å². The molecule has 0 spiro atoms. The average Bonchev–Trinajstić information content (AvgIpc) is 2.57. The van der Waals surface area contributed by atoms with Gasteiger partial charge in [-0.3, -0.25) is 0 Å². The molecule has 0 aliphatic rings. The summed E-state index contributed by atoms with van der Waals surface area (Å²) in [5.74, 6) is 1.93. The van der Waals surface area contributed by atoms with E-state index in [1.165, 1.54) is 5.56 Å². The molecular formula is C20H28O2. The van der Waals surface area contributed by atoms with Gasteiger partial charge < -0.3 is 9.47 Å². The van der Waals surface area contributed by atoms with Gasteiger partial charge in [-0.1, -0.05) is 56.3 Å². The van der Waals surface area contributed by atoms with Gasteiger partial charge in [-0.15, -0.1) is 0 Å². The molecule has 1 rings (SSSR count). The van der Waals surface area contributed by atoms with Gasteiger partial charge in [-0.05, 0) is 31.6 Å². The lowest BCUT2D eigenvalue weighted by Gasteiger charge is -2.22. The molecule has 120 valence electrons. The van der Waals surface area contributed by atoms with Gasteiger partial charge >= 0.3 is 0 Å². The molecule has 0 saturated carbocycles. The second-order valence-corrected chi connectivity index (χ2v) is 4.93. The molecule has 0 bridgehead atoms. The first-order valence-corrected chi connectivity index (χ1v) is 8.08. The van der Waals surface area contributed by atoms with Gasteiger partial charge in [-0.25, -0.2) is 0 Å². The van der Waals surface area contributed by atoms with Crippen molar-refractivity contribution in [1.82, 2.24) is 0 Å². The van der Waals surface area contributed by atoms with Crippen molar-refractivity contribution >= 4 is 6.08 Å². The van der Waals surface area contributed by atoms with Crippen molar-refractivity contribution in [3.8, 4) is 0 Å². The number of hydrogen-bond acceptors (Lipinski definition) is 2. The van der Waals surface area contributed by atoms with Crippen LogP contribution in [-0.2, 0) is 9.47 Å². The number of benzene rings is 1. The van der Waals surface area contributed by atoms with Crippen molar-refractivity contribution in [2.75, 3.05) is 0 Å². The lowest BCUT2D eigenvalue weighted by molar-refractivity contribution is -0.0867. The molecule has 0 unspecified atom stereocenters. The van der Waals surface area contributed by atoms with Crippen LogP contribution in [0.2, 0.25) is 0 Å². The second kappa shape index (κ2) is 10.7. The van der Waals surface area contributed by atoms with E-state index in [4.69, 9.17) is 9.47 Å². The highest BCUT2D eigenvalue weighted by molar-refractivity contribution is 5.48. The molecular weight excluding hydrogens is 272 g/mol. The quantitative estimate of drug-likeness (QED) is 0.406. The zero-order valence-corrected chi connectivity index (χ0v) is 14.2. The maximum Gasteiger partial charge on any atom is 0.243 e. The number of hydrogen-bond donors (Lipinski definition) is 0. The van der Waals surface area contributed by atoms with Gasteiger partial charge in [0.15, 0.2) is 0 Å². The van der Waals surface area contributed by atoms with E-state index >= 15 is 0 Å². The Hall–Kier alpha value is -1.96. The van der Waals surface area contributed by atoms with Gasteiger partial charge in [0.2, 0.25) is 6.29 Å². The molecule has 0 saturated heterocycles. The van der Waals surface area contributed by atoms with E-state index in [0.29, 0.717) is 6.42 Å². The van der Waals surface area contributed by atoms with Crippen molar-refractivity contribution in [3.63, 3.8) is 0 Å². The van der Waals surface area contributed by atoms with Crippen molar-refractivity contribution in [3.05, 3.63) is 65.6 Å². The monoisotopic (exact) mass is 300 g/mol. The first-order chi connectivity index (χ1) is 10.7. The van der Waals surface area contributed by atoms with Crippen molar-refractivity contribution < 1.29 is 9.47 Å². The maximum absolute atomic E-state index is 5.97. The number of rotatable bonds is 9. The smallest absolute Gasteiger partial charge is 0.243 e. The summed E-state index contributed by atoms with van der Waals surface area (Å²) in [7, 11) is 0. The molecule has 0 atom stereocenters. The Balaban J connectivity index is 2.70. The van der Waals surface area contributed by atoms with Crippen LogP contribution in [0.3, 0.4) is 0 Å². The third-order valence-corrected chi connectivity index (χ3v) is 3.34. The molecule has 2 heteroatoms. The van der Waals surface area contributed by atoms with Crippen LogP contribution in [-0.4, -0.2) is 6.29 Å². The molecule has 1 aromatic carbocycles. The second-order valence-electron chi connectivity index (χ2n) is 4.93. The van der Waals surface area contributed by atoms with Crippen LogP contribution in [0.5, 0.6) is 0 Å². The predicted octanol–water partition coefficient (Wildman–Crippen LogP) is 6.08. The number of allylic oxidation sites excluding steroid dienone is 4. The fourth-order valence-electron chi connectivity index (χ4n) is 2.05. The van der Waals surface area contributed by atoms with Gasteiger partial charge in [0, 0.05) is 19.3 Å². The Morgan fingerprint density at radius 1 is 0.955 bits per heavy atom. The minimum atomic E-state index is -0.280. The normalized spacial score (nSPS) is 14.2. The largest absolute Gasteiger partial charge is 0.459 e. The van der Waals surface area contributed by atoms with E-state index in [1.807, 2.05) is 44.2 Å². The van der Waals surface area contributed by atoms with Gasteiger partial charge in [0.25, 0.3) is 0 Å². The summed E-state index contributed by atoms with van der Waals surface area (Å²) in [6.45, 7) is 8.16. The van der Waals surface area contributed by atoms with Crippen molar-refractivity contribution in [1.29, 1.82) is 0 Å². The Labute approximate surface area is 135 Å². The minimum absolute atomic E-state index is 0.280. The molecule has 0 aromatic heterocycles. The van der Waals surface area contributed by atoms with Crippen LogP contribution in [0.4, 0.5) is 0 Å². The summed E-state index contributed by atoms with van der Waals surface area (Å²) in [6.07, 6.45) is 10.4. The molecule has 0 amide bonds.